The second-order valence-corrected chi connectivity index (χ2v) is 9.81. The van der Waals surface area contributed by atoms with E-state index in [1.807, 2.05) is 0 Å². The summed E-state index contributed by atoms with van der Waals surface area (Å²) in [5.74, 6) is 0.378. The van der Waals surface area contributed by atoms with E-state index >= 15 is 0 Å². The normalized spacial score (nSPS) is 42.5. The quantitative estimate of drug-likeness (QED) is 0.771. The molecule has 4 fully saturated rings. The number of sulfonamides is 1. The van der Waals surface area contributed by atoms with Gasteiger partial charge in [0.2, 0.25) is 15.9 Å². The van der Waals surface area contributed by atoms with Crippen molar-refractivity contribution in [1.29, 1.82) is 5.26 Å². The number of carbonyl (C=O) groups is 1. The fourth-order valence-electron chi connectivity index (χ4n) is 5.27. The Morgan fingerprint density at radius 3 is 2.38 bits per heavy atom. The van der Waals surface area contributed by atoms with E-state index in [0.717, 1.165) is 25.7 Å². The minimum atomic E-state index is -3.21. The predicted octanol–water partition coefficient (Wildman–Crippen LogP) is 0.0293. The number of amides is 1. The van der Waals surface area contributed by atoms with Crippen LogP contribution < -0.4 is 5.73 Å². The molecule has 6 atom stereocenters. The van der Waals surface area contributed by atoms with Crippen molar-refractivity contribution in [1.82, 2.24) is 9.21 Å². The van der Waals surface area contributed by atoms with Gasteiger partial charge in [0.15, 0.2) is 0 Å². The maximum absolute atomic E-state index is 12.9. The highest BCUT2D eigenvalue weighted by Crippen LogP contribution is 2.48. The standard InChI is InChI=1S/C16H24N4O3S/c1-24(22,23)20-11-2-3-12(20)6-10(5-11)15(18)16(21)19-13(8-17)4-9-7-14(9)19/h9-15H,2-7,18H2,1H3/t9-,10?,11?,12?,13+,14+,15+/m1/s1. The Balaban J connectivity index is 1.48. The molecule has 4 aliphatic rings. The van der Waals surface area contributed by atoms with Gasteiger partial charge in [-0.25, -0.2) is 8.42 Å². The highest BCUT2D eigenvalue weighted by Gasteiger charge is 2.56. The molecule has 132 valence electrons. The summed E-state index contributed by atoms with van der Waals surface area (Å²) in [6.45, 7) is 0. The van der Waals surface area contributed by atoms with Gasteiger partial charge >= 0.3 is 0 Å². The zero-order chi connectivity index (χ0) is 17.2. The van der Waals surface area contributed by atoms with Gasteiger partial charge in [-0.3, -0.25) is 4.79 Å². The Morgan fingerprint density at radius 2 is 1.83 bits per heavy atom. The minimum Gasteiger partial charge on any atom is -0.322 e. The molecule has 4 rings (SSSR count). The van der Waals surface area contributed by atoms with E-state index < -0.39 is 16.1 Å². The lowest BCUT2D eigenvalue weighted by molar-refractivity contribution is -0.135. The summed E-state index contributed by atoms with van der Waals surface area (Å²) in [7, 11) is -3.21. The molecule has 1 amide bonds. The van der Waals surface area contributed by atoms with Crippen molar-refractivity contribution >= 4 is 15.9 Å². The molecule has 0 spiro atoms. The average Bonchev–Trinajstić information content (AvgIpc) is 3.10. The van der Waals surface area contributed by atoms with Crippen LogP contribution in [-0.2, 0) is 14.8 Å². The zero-order valence-electron chi connectivity index (χ0n) is 13.8. The topological polar surface area (TPSA) is 108 Å². The molecule has 0 aromatic heterocycles. The fourth-order valence-corrected chi connectivity index (χ4v) is 6.74. The Bertz CT molecular complexity index is 689. The van der Waals surface area contributed by atoms with Crippen molar-refractivity contribution in [2.45, 2.75) is 68.7 Å². The number of likely N-dealkylation sites (tertiary alicyclic amines) is 1. The molecule has 0 aromatic carbocycles. The third kappa shape index (κ3) is 2.45. The van der Waals surface area contributed by atoms with Crippen LogP contribution in [-0.4, -0.2) is 60.0 Å². The number of hydrogen-bond acceptors (Lipinski definition) is 5. The van der Waals surface area contributed by atoms with Gasteiger partial charge in [-0.1, -0.05) is 0 Å². The first kappa shape index (κ1) is 16.3. The summed E-state index contributed by atoms with van der Waals surface area (Å²) in [5.41, 5.74) is 6.31. The molecular weight excluding hydrogens is 328 g/mol. The van der Waals surface area contributed by atoms with E-state index in [0.29, 0.717) is 18.8 Å². The maximum Gasteiger partial charge on any atom is 0.241 e. The highest BCUT2D eigenvalue weighted by atomic mass is 32.2. The Hall–Kier alpha value is -1.17. The van der Waals surface area contributed by atoms with Crippen LogP contribution in [0.4, 0.5) is 0 Å². The van der Waals surface area contributed by atoms with Gasteiger partial charge in [-0.05, 0) is 50.4 Å². The van der Waals surface area contributed by atoms with E-state index in [1.54, 1.807) is 9.21 Å². The summed E-state index contributed by atoms with van der Waals surface area (Å²) in [6.07, 6.45) is 6.03. The molecule has 0 radical (unpaired) electrons. The van der Waals surface area contributed by atoms with E-state index in [1.165, 1.54) is 6.26 Å². The van der Waals surface area contributed by atoms with Crippen LogP contribution in [0.2, 0.25) is 0 Å². The summed E-state index contributed by atoms with van der Waals surface area (Å²) >= 11 is 0. The van der Waals surface area contributed by atoms with Crippen LogP contribution >= 0.6 is 0 Å². The number of fused-ring (bicyclic) bond motifs is 3. The Kier molecular flexibility index (Phi) is 3.68. The number of hydrogen-bond donors (Lipinski definition) is 1. The van der Waals surface area contributed by atoms with Crippen molar-refractivity contribution in [3.8, 4) is 6.07 Å². The number of carbonyl (C=O) groups excluding carboxylic acids is 1. The van der Waals surface area contributed by atoms with Crippen molar-refractivity contribution in [2.75, 3.05) is 6.26 Å². The Morgan fingerprint density at radius 1 is 1.21 bits per heavy atom. The molecule has 8 heteroatoms. The lowest BCUT2D eigenvalue weighted by atomic mass is 9.85. The van der Waals surface area contributed by atoms with Crippen molar-refractivity contribution in [3.63, 3.8) is 0 Å². The van der Waals surface area contributed by atoms with Gasteiger partial charge in [-0.15, -0.1) is 0 Å². The van der Waals surface area contributed by atoms with E-state index in [2.05, 4.69) is 6.07 Å². The smallest absolute Gasteiger partial charge is 0.241 e. The first-order valence-corrected chi connectivity index (χ1v) is 10.6. The summed E-state index contributed by atoms with van der Waals surface area (Å²) in [6, 6.07) is 1.44. The summed E-state index contributed by atoms with van der Waals surface area (Å²) in [4.78, 5) is 14.6. The van der Waals surface area contributed by atoms with E-state index in [4.69, 9.17) is 5.73 Å². The van der Waals surface area contributed by atoms with Crippen LogP contribution in [0.5, 0.6) is 0 Å². The van der Waals surface area contributed by atoms with Gasteiger partial charge in [-0.2, -0.15) is 9.57 Å². The fraction of sp³-hybridized carbons (Fsp3) is 0.875. The number of piperidine rings is 2. The first-order valence-electron chi connectivity index (χ1n) is 8.77. The largest absolute Gasteiger partial charge is 0.322 e. The van der Waals surface area contributed by atoms with Crippen molar-refractivity contribution in [3.05, 3.63) is 0 Å². The van der Waals surface area contributed by atoms with Crippen LogP contribution in [0.25, 0.3) is 0 Å². The van der Waals surface area contributed by atoms with Crippen molar-refractivity contribution in [2.24, 2.45) is 17.6 Å². The van der Waals surface area contributed by atoms with Gasteiger partial charge < -0.3 is 10.6 Å². The third-order valence-corrected chi connectivity index (χ3v) is 7.75. The average molecular weight is 352 g/mol. The number of nitrogens with two attached hydrogens (primary N) is 1. The molecule has 1 saturated carbocycles. The molecule has 3 saturated heterocycles. The van der Waals surface area contributed by atoms with Gasteiger partial charge in [0, 0.05) is 18.1 Å². The maximum atomic E-state index is 12.9. The summed E-state index contributed by atoms with van der Waals surface area (Å²) in [5, 5.41) is 9.28. The molecule has 1 aliphatic carbocycles. The monoisotopic (exact) mass is 352 g/mol. The van der Waals surface area contributed by atoms with Crippen LogP contribution in [0, 0.1) is 23.2 Å². The molecule has 0 aromatic rings. The molecule has 3 aliphatic heterocycles. The van der Waals surface area contributed by atoms with Crippen molar-refractivity contribution < 1.29 is 13.2 Å². The number of nitriles is 1. The lowest BCUT2D eigenvalue weighted by Crippen LogP contribution is -2.55. The molecule has 24 heavy (non-hydrogen) atoms. The highest BCUT2D eigenvalue weighted by molar-refractivity contribution is 7.88. The second-order valence-electron chi connectivity index (χ2n) is 7.92. The van der Waals surface area contributed by atoms with Crippen LogP contribution in [0.1, 0.15) is 38.5 Å². The second kappa shape index (κ2) is 5.41. The van der Waals surface area contributed by atoms with E-state index in [-0.39, 0.29) is 36.0 Å². The SMILES string of the molecule is CS(=O)(=O)N1C2CCC1CC([C@H](N)C(=O)N1[C@H](C#N)C[C@@H]3C[C@@H]31)C2. The molecule has 2 N–H and O–H groups in total. The number of rotatable bonds is 3. The molecular formula is C16H24N4O3S. The van der Waals surface area contributed by atoms with Gasteiger partial charge in [0.05, 0.1) is 18.4 Å². The van der Waals surface area contributed by atoms with Crippen LogP contribution in [0.15, 0.2) is 0 Å². The first-order chi connectivity index (χ1) is 11.3. The molecule has 2 bridgehead atoms. The predicted molar refractivity (Wildman–Crippen MR) is 87.0 cm³/mol. The van der Waals surface area contributed by atoms with Crippen LogP contribution in [0.3, 0.4) is 0 Å². The lowest BCUT2D eigenvalue weighted by Gasteiger charge is -2.40. The molecule has 3 heterocycles. The minimum absolute atomic E-state index is 0.00476. The van der Waals surface area contributed by atoms with Gasteiger partial charge in [0.1, 0.15) is 6.04 Å². The van der Waals surface area contributed by atoms with Gasteiger partial charge in [0.25, 0.3) is 0 Å². The zero-order valence-corrected chi connectivity index (χ0v) is 14.7. The molecule has 7 nitrogen and oxygen atoms in total. The summed E-state index contributed by atoms with van der Waals surface area (Å²) < 4.78 is 25.6. The molecule has 2 unspecified atom stereocenters. The Labute approximate surface area is 142 Å². The third-order valence-electron chi connectivity index (χ3n) is 6.39. The van der Waals surface area contributed by atoms with E-state index in [9.17, 15) is 18.5 Å². The number of nitrogens with zero attached hydrogens (tertiary/aromatic N) is 3.